The molecule has 1 rings (SSSR count). The van der Waals surface area contributed by atoms with Gasteiger partial charge in [0.2, 0.25) is 5.91 Å². The number of hydrogen-bond acceptors (Lipinski definition) is 2. The molecule has 0 radical (unpaired) electrons. The number of halogens is 4. The molecule has 0 bridgehead atoms. The van der Waals surface area contributed by atoms with E-state index in [0.717, 1.165) is 6.07 Å². The summed E-state index contributed by atoms with van der Waals surface area (Å²) in [5.74, 6) is -0.0711. The van der Waals surface area contributed by atoms with E-state index in [1.165, 1.54) is 12.1 Å². The van der Waals surface area contributed by atoms with Crippen molar-refractivity contribution in [2.75, 3.05) is 25.0 Å². The van der Waals surface area contributed by atoms with E-state index < -0.39 is 11.7 Å². The molecule has 0 saturated heterocycles. The molecule has 0 aliphatic rings. The first-order valence-corrected chi connectivity index (χ1v) is 7.47. The van der Waals surface area contributed by atoms with E-state index in [4.69, 9.17) is 0 Å². The summed E-state index contributed by atoms with van der Waals surface area (Å²) in [5.41, 5.74) is -0.759. The van der Waals surface area contributed by atoms with E-state index in [1.807, 2.05) is 13.8 Å². The van der Waals surface area contributed by atoms with Gasteiger partial charge in [-0.15, -0.1) is 0 Å². The van der Waals surface area contributed by atoms with Crippen LogP contribution in [0, 0.1) is 0 Å². The van der Waals surface area contributed by atoms with E-state index >= 15 is 0 Å². The quantitative estimate of drug-likeness (QED) is 0.820. The lowest BCUT2D eigenvalue weighted by Crippen LogP contribution is -2.31. The van der Waals surface area contributed by atoms with Crippen molar-refractivity contribution in [1.82, 2.24) is 4.90 Å². The van der Waals surface area contributed by atoms with Crippen molar-refractivity contribution in [2.24, 2.45) is 0 Å². The molecule has 1 amide bonds. The fourth-order valence-corrected chi connectivity index (χ4v) is 2.30. The highest BCUT2D eigenvalue weighted by atomic mass is 79.9. The summed E-state index contributed by atoms with van der Waals surface area (Å²) in [7, 11) is 0. The molecule has 21 heavy (non-hydrogen) atoms. The van der Waals surface area contributed by atoms with Crippen LogP contribution in [0.15, 0.2) is 22.7 Å². The van der Waals surface area contributed by atoms with Gasteiger partial charge in [0.05, 0.1) is 5.56 Å². The minimum atomic E-state index is -4.44. The molecule has 0 aromatic heterocycles. The van der Waals surface area contributed by atoms with Crippen LogP contribution in [-0.4, -0.2) is 30.4 Å². The number of anilines is 1. The molecule has 118 valence electrons. The number of rotatable bonds is 6. The van der Waals surface area contributed by atoms with Crippen LogP contribution in [0.5, 0.6) is 0 Å². The largest absolute Gasteiger partial charge is 0.418 e. The Kier molecular flexibility index (Phi) is 6.51. The summed E-state index contributed by atoms with van der Waals surface area (Å²) < 4.78 is 39.1. The Morgan fingerprint density at radius 1 is 1.29 bits per heavy atom. The van der Waals surface area contributed by atoms with Gasteiger partial charge in [-0.1, -0.05) is 15.9 Å². The number of benzene rings is 1. The van der Waals surface area contributed by atoms with E-state index in [9.17, 15) is 18.0 Å². The second-order valence-electron chi connectivity index (χ2n) is 4.43. The zero-order chi connectivity index (χ0) is 16.0. The van der Waals surface area contributed by atoms with Gasteiger partial charge < -0.3 is 10.2 Å². The van der Waals surface area contributed by atoms with E-state index in [0.29, 0.717) is 17.6 Å². The molecular weight excluding hydrogens is 349 g/mol. The number of hydrogen-bond donors (Lipinski definition) is 1. The first-order valence-electron chi connectivity index (χ1n) is 6.68. The second kappa shape index (κ2) is 7.68. The third-order valence-electron chi connectivity index (χ3n) is 3.06. The molecule has 1 aromatic carbocycles. The van der Waals surface area contributed by atoms with Gasteiger partial charge in [-0.3, -0.25) is 4.79 Å². The first kappa shape index (κ1) is 17.8. The summed E-state index contributed by atoms with van der Waals surface area (Å²) in [6, 6.07) is 3.91. The normalized spacial score (nSPS) is 11.3. The average Bonchev–Trinajstić information content (AvgIpc) is 2.40. The molecule has 0 heterocycles. The van der Waals surface area contributed by atoms with Crippen molar-refractivity contribution in [3.05, 3.63) is 28.2 Å². The molecule has 3 nitrogen and oxygen atoms in total. The van der Waals surface area contributed by atoms with E-state index in [2.05, 4.69) is 21.2 Å². The second-order valence-corrected chi connectivity index (χ2v) is 5.35. The Hall–Kier alpha value is -1.24. The molecule has 0 fully saturated rings. The van der Waals surface area contributed by atoms with Crippen molar-refractivity contribution in [1.29, 1.82) is 0 Å². The van der Waals surface area contributed by atoms with Crippen LogP contribution in [0.1, 0.15) is 25.8 Å². The van der Waals surface area contributed by atoms with Crippen molar-refractivity contribution in [3.63, 3.8) is 0 Å². The van der Waals surface area contributed by atoms with Gasteiger partial charge in [-0.25, -0.2) is 0 Å². The SMILES string of the molecule is CCN(CC)C(=O)CCNc1ccc(Br)cc1C(F)(F)F. The van der Waals surface area contributed by atoms with Gasteiger partial charge in [-0.05, 0) is 32.0 Å². The molecule has 0 aliphatic heterocycles. The monoisotopic (exact) mass is 366 g/mol. The number of nitrogens with zero attached hydrogens (tertiary/aromatic N) is 1. The summed E-state index contributed by atoms with van der Waals surface area (Å²) >= 11 is 3.03. The molecular formula is C14H18BrF3N2O. The summed E-state index contributed by atoms with van der Waals surface area (Å²) in [4.78, 5) is 13.4. The van der Waals surface area contributed by atoms with Crippen LogP contribution in [-0.2, 0) is 11.0 Å². The zero-order valence-electron chi connectivity index (χ0n) is 11.9. The van der Waals surface area contributed by atoms with Gasteiger partial charge in [-0.2, -0.15) is 13.2 Å². The Morgan fingerprint density at radius 3 is 2.43 bits per heavy atom. The van der Waals surface area contributed by atoms with Gasteiger partial charge in [0, 0.05) is 36.2 Å². The standard InChI is InChI=1S/C14H18BrF3N2O/c1-3-20(4-2)13(21)7-8-19-12-6-5-10(15)9-11(12)14(16,17)18/h5-6,9,19H,3-4,7-8H2,1-2H3. The topological polar surface area (TPSA) is 32.3 Å². The third kappa shape index (κ3) is 5.22. The molecule has 0 atom stereocenters. The molecule has 0 saturated carbocycles. The maximum Gasteiger partial charge on any atom is 0.418 e. The maximum absolute atomic E-state index is 12.9. The lowest BCUT2D eigenvalue weighted by atomic mass is 10.1. The lowest BCUT2D eigenvalue weighted by Gasteiger charge is -2.19. The van der Waals surface area contributed by atoms with Gasteiger partial charge in [0.25, 0.3) is 0 Å². The Balaban J connectivity index is 2.70. The predicted molar refractivity (Wildman–Crippen MR) is 80.2 cm³/mol. The highest BCUT2D eigenvalue weighted by molar-refractivity contribution is 9.10. The predicted octanol–water partition coefficient (Wildman–Crippen LogP) is 4.14. The van der Waals surface area contributed by atoms with Crippen LogP contribution in [0.4, 0.5) is 18.9 Å². The number of alkyl halides is 3. The molecule has 1 aromatic rings. The van der Waals surface area contributed by atoms with Gasteiger partial charge >= 0.3 is 6.18 Å². The van der Waals surface area contributed by atoms with E-state index in [-0.39, 0.29) is 24.6 Å². The number of carbonyl (C=O) groups is 1. The minimum Gasteiger partial charge on any atom is -0.384 e. The van der Waals surface area contributed by atoms with Crippen molar-refractivity contribution >= 4 is 27.5 Å². The summed E-state index contributed by atoms with van der Waals surface area (Å²) in [5, 5.41) is 2.69. The molecule has 0 unspecified atom stereocenters. The Morgan fingerprint density at radius 2 is 1.90 bits per heavy atom. The summed E-state index contributed by atoms with van der Waals surface area (Å²) in [6.45, 7) is 5.10. The fourth-order valence-electron chi connectivity index (χ4n) is 1.94. The van der Waals surface area contributed by atoms with Crippen LogP contribution >= 0.6 is 15.9 Å². The van der Waals surface area contributed by atoms with Crippen LogP contribution in [0.2, 0.25) is 0 Å². The fraction of sp³-hybridized carbons (Fsp3) is 0.500. The Bertz CT molecular complexity index is 488. The van der Waals surface area contributed by atoms with Crippen molar-refractivity contribution in [3.8, 4) is 0 Å². The Labute approximate surface area is 130 Å². The number of amides is 1. The zero-order valence-corrected chi connectivity index (χ0v) is 13.5. The minimum absolute atomic E-state index is 0.0157. The van der Waals surface area contributed by atoms with Crippen LogP contribution < -0.4 is 5.32 Å². The van der Waals surface area contributed by atoms with Crippen LogP contribution in [0.3, 0.4) is 0 Å². The average molecular weight is 367 g/mol. The highest BCUT2D eigenvalue weighted by Gasteiger charge is 2.33. The van der Waals surface area contributed by atoms with Crippen molar-refractivity contribution in [2.45, 2.75) is 26.4 Å². The number of nitrogens with one attached hydrogen (secondary N) is 1. The van der Waals surface area contributed by atoms with E-state index in [1.54, 1.807) is 4.90 Å². The lowest BCUT2D eigenvalue weighted by molar-refractivity contribution is -0.137. The summed E-state index contributed by atoms with van der Waals surface area (Å²) in [6.07, 6.45) is -4.27. The highest BCUT2D eigenvalue weighted by Crippen LogP contribution is 2.36. The van der Waals surface area contributed by atoms with Crippen LogP contribution in [0.25, 0.3) is 0 Å². The maximum atomic E-state index is 12.9. The van der Waals surface area contributed by atoms with Gasteiger partial charge in [0.15, 0.2) is 0 Å². The third-order valence-corrected chi connectivity index (χ3v) is 3.55. The van der Waals surface area contributed by atoms with Crippen molar-refractivity contribution < 1.29 is 18.0 Å². The molecule has 7 heteroatoms. The molecule has 0 aliphatic carbocycles. The molecule has 0 spiro atoms. The first-order chi connectivity index (χ1) is 9.79. The smallest absolute Gasteiger partial charge is 0.384 e. The van der Waals surface area contributed by atoms with Gasteiger partial charge in [0.1, 0.15) is 0 Å². The number of carbonyl (C=O) groups excluding carboxylic acids is 1. The molecule has 1 N–H and O–H groups in total.